The Balaban J connectivity index is 1.31. The Bertz CT molecular complexity index is 1050. The number of nitrogens with zero attached hydrogens (tertiary/aromatic N) is 3. The van der Waals surface area contributed by atoms with Gasteiger partial charge in [0.25, 0.3) is 17.7 Å². The van der Waals surface area contributed by atoms with Crippen LogP contribution in [0.3, 0.4) is 0 Å². The number of ether oxygens (including phenoxy) is 1. The molecule has 0 unspecified atom stereocenters. The molecule has 0 aromatic heterocycles. The molecule has 0 saturated carbocycles. The van der Waals surface area contributed by atoms with E-state index < -0.39 is 11.8 Å². The zero-order valence-corrected chi connectivity index (χ0v) is 18.7. The SMILES string of the molecule is CCc1ccccc1OCC(=O)N1CCCN(C(=O)CN2C(=O)c3ccccc3C2=O)CC1. The molecule has 0 aliphatic carbocycles. The molecule has 4 amide bonds. The molecule has 1 fully saturated rings. The minimum Gasteiger partial charge on any atom is -0.483 e. The quantitative estimate of drug-likeness (QED) is 0.630. The lowest BCUT2D eigenvalue weighted by Crippen LogP contribution is -2.44. The van der Waals surface area contributed by atoms with Gasteiger partial charge in [0.05, 0.1) is 11.1 Å². The van der Waals surface area contributed by atoms with Crippen LogP contribution in [0.5, 0.6) is 5.75 Å². The first-order chi connectivity index (χ1) is 16.0. The Hall–Kier alpha value is -3.68. The maximum atomic E-state index is 12.9. The lowest BCUT2D eigenvalue weighted by molar-refractivity contribution is -0.134. The van der Waals surface area contributed by atoms with Gasteiger partial charge in [-0.15, -0.1) is 0 Å². The third-order valence-electron chi connectivity index (χ3n) is 6.08. The lowest BCUT2D eigenvalue weighted by atomic mass is 10.1. The summed E-state index contributed by atoms with van der Waals surface area (Å²) in [7, 11) is 0. The van der Waals surface area contributed by atoms with Crippen molar-refractivity contribution in [2.75, 3.05) is 39.3 Å². The molecule has 2 aliphatic rings. The second kappa shape index (κ2) is 9.85. The fourth-order valence-electron chi connectivity index (χ4n) is 4.20. The highest BCUT2D eigenvalue weighted by Crippen LogP contribution is 2.22. The number of carbonyl (C=O) groups is 4. The summed E-state index contributed by atoms with van der Waals surface area (Å²) in [5.41, 5.74) is 1.70. The molecule has 172 valence electrons. The molecule has 2 aliphatic heterocycles. The highest BCUT2D eigenvalue weighted by Gasteiger charge is 2.37. The van der Waals surface area contributed by atoms with E-state index in [1.807, 2.05) is 31.2 Å². The molecule has 2 aromatic carbocycles. The average Bonchev–Trinajstić information content (AvgIpc) is 3.01. The van der Waals surface area contributed by atoms with Crippen LogP contribution in [0.2, 0.25) is 0 Å². The maximum absolute atomic E-state index is 12.9. The first kappa shape index (κ1) is 22.5. The molecule has 0 N–H and O–H groups in total. The van der Waals surface area contributed by atoms with Crippen molar-refractivity contribution in [3.8, 4) is 5.75 Å². The fraction of sp³-hybridized carbons (Fsp3) is 0.360. The van der Waals surface area contributed by atoms with Gasteiger partial charge in [0.1, 0.15) is 12.3 Å². The first-order valence-electron chi connectivity index (χ1n) is 11.2. The van der Waals surface area contributed by atoms with Gasteiger partial charge in [-0.1, -0.05) is 37.3 Å². The molecule has 8 heteroatoms. The van der Waals surface area contributed by atoms with Gasteiger partial charge in [0, 0.05) is 26.2 Å². The zero-order chi connectivity index (χ0) is 23.4. The van der Waals surface area contributed by atoms with Gasteiger partial charge in [-0.05, 0) is 36.6 Å². The highest BCUT2D eigenvalue weighted by molar-refractivity contribution is 6.22. The van der Waals surface area contributed by atoms with Crippen LogP contribution < -0.4 is 4.74 Å². The summed E-state index contributed by atoms with van der Waals surface area (Å²) >= 11 is 0. The predicted octanol–water partition coefficient (Wildman–Crippen LogP) is 1.98. The van der Waals surface area contributed by atoms with Crippen LogP contribution in [0.25, 0.3) is 0 Å². The summed E-state index contributed by atoms with van der Waals surface area (Å²) in [6.07, 6.45) is 1.43. The maximum Gasteiger partial charge on any atom is 0.262 e. The molecule has 0 bridgehead atoms. The summed E-state index contributed by atoms with van der Waals surface area (Å²) in [5.74, 6) is -0.608. The average molecular weight is 450 g/mol. The molecule has 33 heavy (non-hydrogen) atoms. The normalized spacial score (nSPS) is 16.0. The van der Waals surface area contributed by atoms with Gasteiger partial charge in [0.15, 0.2) is 6.61 Å². The first-order valence-corrected chi connectivity index (χ1v) is 11.2. The molecule has 1 saturated heterocycles. The summed E-state index contributed by atoms with van der Waals surface area (Å²) < 4.78 is 5.75. The number of aryl methyl sites for hydroxylation is 1. The second-order valence-electron chi connectivity index (χ2n) is 8.11. The van der Waals surface area contributed by atoms with Gasteiger partial charge in [0.2, 0.25) is 5.91 Å². The number of benzene rings is 2. The molecule has 0 spiro atoms. The second-order valence-corrected chi connectivity index (χ2v) is 8.11. The largest absolute Gasteiger partial charge is 0.483 e. The number of imide groups is 1. The third kappa shape index (κ3) is 4.74. The zero-order valence-electron chi connectivity index (χ0n) is 18.7. The van der Waals surface area contributed by atoms with E-state index in [4.69, 9.17) is 4.74 Å². The standard InChI is InChI=1S/C25H27N3O5/c1-2-18-8-3-6-11-21(18)33-17-23(30)27-13-7-12-26(14-15-27)22(29)16-28-24(31)19-9-4-5-10-20(19)25(28)32/h3-6,8-11H,2,7,12-17H2,1H3. The van der Waals surface area contributed by atoms with Crippen molar-refractivity contribution < 1.29 is 23.9 Å². The molecular weight excluding hydrogens is 422 g/mol. The van der Waals surface area contributed by atoms with Crippen LogP contribution >= 0.6 is 0 Å². The van der Waals surface area contributed by atoms with E-state index in [9.17, 15) is 19.2 Å². The Labute approximate surface area is 192 Å². The van der Waals surface area contributed by atoms with Gasteiger partial charge in [-0.2, -0.15) is 0 Å². The topological polar surface area (TPSA) is 87.2 Å². The van der Waals surface area contributed by atoms with Crippen molar-refractivity contribution in [2.24, 2.45) is 0 Å². The van der Waals surface area contributed by atoms with Gasteiger partial charge < -0.3 is 14.5 Å². The minimum absolute atomic E-state index is 0.0556. The molecule has 2 aromatic rings. The van der Waals surface area contributed by atoms with E-state index in [1.54, 1.807) is 34.1 Å². The van der Waals surface area contributed by atoms with Crippen LogP contribution in [0.4, 0.5) is 0 Å². The van der Waals surface area contributed by atoms with Crippen molar-refractivity contribution >= 4 is 23.6 Å². The smallest absolute Gasteiger partial charge is 0.262 e. The fourth-order valence-corrected chi connectivity index (χ4v) is 4.20. The number of amides is 4. The van der Waals surface area contributed by atoms with E-state index in [0.29, 0.717) is 49.5 Å². The number of hydrogen-bond donors (Lipinski definition) is 0. The third-order valence-corrected chi connectivity index (χ3v) is 6.08. The van der Waals surface area contributed by atoms with Crippen LogP contribution in [-0.4, -0.2) is 77.7 Å². The summed E-state index contributed by atoms with van der Waals surface area (Å²) in [4.78, 5) is 54.9. The van der Waals surface area contributed by atoms with E-state index in [1.165, 1.54) is 0 Å². The summed E-state index contributed by atoms with van der Waals surface area (Å²) in [6.45, 7) is 3.40. The van der Waals surface area contributed by atoms with Crippen LogP contribution in [0, 0.1) is 0 Å². The van der Waals surface area contributed by atoms with E-state index >= 15 is 0 Å². The molecule has 2 heterocycles. The Morgan fingerprint density at radius 1 is 0.818 bits per heavy atom. The van der Waals surface area contributed by atoms with Gasteiger partial charge >= 0.3 is 0 Å². The van der Waals surface area contributed by atoms with Crippen molar-refractivity contribution in [1.29, 1.82) is 0 Å². The Morgan fingerprint density at radius 2 is 1.39 bits per heavy atom. The Morgan fingerprint density at radius 3 is 2.03 bits per heavy atom. The summed E-state index contributed by atoms with van der Waals surface area (Å²) in [6, 6.07) is 14.2. The Kier molecular flexibility index (Phi) is 6.72. The van der Waals surface area contributed by atoms with Crippen molar-refractivity contribution in [2.45, 2.75) is 19.8 Å². The number of hydrogen-bond acceptors (Lipinski definition) is 5. The van der Waals surface area contributed by atoms with Gasteiger partial charge in [-0.25, -0.2) is 0 Å². The molecule has 4 rings (SSSR count). The molecule has 8 nitrogen and oxygen atoms in total. The van der Waals surface area contributed by atoms with Gasteiger partial charge in [-0.3, -0.25) is 24.1 Å². The number of para-hydroxylation sites is 1. The minimum atomic E-state index is -0.444. The van der Waals surface area contributed by atoms with Crippen molar-refractivity contribution in [3.63, 3.8) is 0 Å². The predicted molar refractivity (Wildman–Crippen MR) is 121 cm³/mol. The van der Waals surface area contributed by atoms with Crippen LogP contribution in [-0.2, 0) is 16.0 Å². The van der Waals surface area contributed by atoms with E-state index in [0.717, 1.165) is 16.9 Å². The molecule has 0 radical (unpaired) electrons. The van der Waals surface area contributed by atoms with E-state index in [2.05, 4.69) is 0 Å². The van der Waals surface area contributed by atoms with Crippen molar-refractivity contribution in [1.82, 2.24) is 14.7 Å². The van der Waals surface area contributed by atoms with E-state index in [-0.39, 0.29) is 25.0 Å². The van der Waals surface area contributed by atoms with Crippen molar-refractivity contribution in [3.05, 3.63) is 65.2 Å². The summed E-state index contributed by atoms with van der Waals surface area (Å²) in [5, 5.41) is 0. The lowest BCUT2D eigenvalue weighted by Gasteiger charge is -2.24. The van der Waals surface area contributed by atoms with Crippen LogP contribution in [0.1, 0.15) is 39.6 Å². The number of rotatable bonds is 6. The highest BCUT2D eigenvalue weighted by atomic mass is 16.5. The number of carbonyl (C=O) groups excluding carboxylic acids is 4. The van der Waals surface area contributed by atoms with Crippen LogP contribution in [0.15, 0.2) is 48.5 Å². The molecule has 0 atom stereocenters. The molecular formula is C25H27N3O5. The number of fused-ring (bicyclic) bond motifs is 1. The monoisotopic (exact) mass is 449 g/mol.